The summed E-state index contributed by atoms with van der Waals surface area (Å²) in [5.41, 5.74) is 5.02. The first-order chi connectivity index (χ1) is 8.99. The minimum absolute atomic E-state index is 0.0217. The van der Waals surface area contributed by atoms with Gasteiger partial charge in [0.05, 0.1) is 11.3 Å². The van der Waals surface area contributed by atoms with Crippen LogP contribution in [0, 0.1) is 17.5 Å². The standard InChI is InChI=1S/C12H8F3N3O/c13-6-3-8(14)11(15)10(4-6)18-12(19)7-5-17-2-1-9(7)16/h1-5H,(H2,16,17)(H,18,19). The zero-order chi connectivity index (χ0) is 14.0. The van der Waals surface area contributed by atoms with Gasteiger partial charge in [-0.1, -0.05) is 0 Å². The second-order valence-corrected chi connectivity index (χ2v) is 3.67. The van der Waals surface area contributed by atoms with E-state index in [1.807, 2.05) is 5.32 Å². The molecule has 1 heterocycles. The summed E-state index contributed by atoms with van der Waals surface area (Å²) in [4.78, 5) is 15.5. The fourth-order valence-corrected chi connectivity index (χ4v) is 1.43. The Labute approximate surface area is 106 Å². The Balaban J connectivity index is 2.32. The second-order valence-electron chi connectivity index (χ2n) is 3.67. The molecule has 0 bridgehead atoms. The third kappa shape index (κ3) is 2.65. The number of carbonyl (C=O) groups is 1. The number of hydrogen-bond acceptors (Lipinski definition) is 3. The number of aromatic nitrogens is 1. The molecule has 0 aliphatic heterocycles. The predicted molar refractivity (Wildman–Crippen MR) is 62.9 cm³/mol. The van der Waals surface area contributed by atoms with Crippen molar-refractivity contribution in [1.82, 2.24) is 4.98 Å². The summed E-state index contributed by atoms with van der Waals surface area (Å²) in [6.45, 7) is 0. The monoisotopic (exact) mass is 267 g/mol. The molecule has 1 aromatic heterocycles. The molecule has 0 saturated heterocycles. The van der Waals surface area contributed by atoms with E-state index in [0.29, 0.717) is 12.1 Å². The number of nitrogens with zero attached hydrogens (tertiary/aromatic N) is 1. The van der Waals surface area contributed by atoms with Crippen LogP contribution >= 0.6 is 0 Å². The van der Waals surface area contributed by atoms with E-state index in [2.05, 4.69) is 4.98 Å². The highest BCUT2D eigenvalue weighted by Gasteiger charge is 2.16. The number of benzene rings is 1. The van der Waals surface area contributed by atoms with Gasteiger partial charge in [-0.05, 0) is 6.07 Å². The molecule has 4 nitrogen and oxygen atoms in total. The average Bonchev–Trinajstić information content (AvgIpc) is 2.35. The fraction of sp³-hybridized carbons (Fsp3) is 0. The molecule has 2 aromatic rings. The summed E-state index contributed by atoms with van der Waals surface area (Å²) in [6, 6.07) is 2.42. The van der Waals surface area contributed by atoms with E-state index >= 15 is 0 Å². The van der Waals surface area contributed by atoms with Gasteiger partial charge in [-0.3, -0.25) is 9.78 Å². The zero-order valence-corrected chi connectivity index (χ0v) is 9.45. The number of nitrogens with one attached hydrogen (secondary N) is 1. The van der Waals surface area contributed by atoms with Crippen molar-refractivity contribution in [3.63, 3.8) is 0 Å². The lowest BCUT2D eigenvalue weighted by Crippen LogP contribution is -2.16. The lowest BCUT2D eigenvalue weighted by molar-refractivity contribution is 0.102. The Morgan fingerprint density at radius 1 is 1.26 bits per heavy atom. The van der Waals surface area contributed by atoms with Gasteiger partial charge in [-0.2, -0.15) is 0 Å². The molecule has 1 amide bonds. The van der Waals surface area contributed by atoms with Crippen LogP contribution in [0.25, 0.3) is 0 Å². The molecule has 2 rings (SSSR count). The number of anilines is 2. The normalized spacial score (nSPS) is 10.3. The van der Waals surface area contributed by atoms with Crippen LogP contribution in [-0.2, 0) is 0 Å². The van der Waals surface area contributed by atoms with Crippen molar-refractivity contribution < 1.29 is 18.0 Å². The van der Waals surface area contributed by atoms with E-state index in [4.69, 9.17) is 5.73 Å². The smallest absolute Gasteiger partial charge is 0.259 e. The zero-order valence-electron chi connectivity index (χ0n) is 9.45. The van der Waals surface area contributed by atoms with Crippen LogP contribution in [0.5, 0.6) is 0 Å². The Morgan fingerprint density at radius 3 is 2.68 bits per heavy atom. The van der Waals surface area contributed by atoms with Crippen LogP contribution < -0.4 is 11.1 Å². The summed E-state index contributed by atoms with van der Waals surface area (Å²) in [7, 11) is 0. The van der Waals surface area contributed by atoms with Gasteiger partial charge >= 0.3 is 0 Å². The average molecular weight is 267 g/mol. The van der Waals surface area contributed by atoms with Crippen molar-refractivity contribution >= 4 is 17.3 Å². The number of carbonyl (C=O) groups excluding carboxylic acids is 1. The number of pyridine rings is 1. The number of amides is 1. The van der Waals surface area contributed by atoms with Gasteiger partial charge in [0.1, 0.15) is 5.82 Å². The highest BCUT2D eigenvalue weighted by atomic mass is 19.2. The first-order valence-electron chi connectivity index (χ1n) is 5.14. The molecule has 1 aromatic carbocycles. The molecule has 19 heavy (non-hydrogen) atoms. The van der Waals surface area contributed by atoms with E-state index in [-0.39, 0.29) is 11.3 Å². The molecule has 0 spiro atoms. The minimum atomic E-state index is -1.39. The number of nitrogens with two attached hydrogens (primary N) is 1. The number of nitrogen functional groups attached to an aromatic ring is 1. The molecule has 0 saturated carbocycles. The Hall–Kier alpha value is -2.57. The van der Waals surface area contributed by atoms with E-state index in [0.717, 1.165) is 6.20 Å². The van der Waals surface area contributed by atoms with Gasteiger partial charge < -0.3 is 11.1 Å². The maximum absolute atomic E-state index is 13.4. The van der Waals surface area contributed by atoms with Crippen molar-refractivity contribution in [2.24, 2.45) is 0 Å². The lowest BCUT2D eigenvalue weighted by atomic mass is 10.2. The van der Waals surface area contributed by atoms with Crippen LogP contribution in [0.15, 0.2) is 30.6 Å². The molecule has 98 valence electrons. The summed E-state index contributed by atoms with van der Waals surface area (Å²) in [5, 5.41) is 2.04. The molecule has 7 heteroatoms. The summed E-state index contributed by atoms with van der Waals surface area (Å²) < 4.78 is 39.3. The Kier molecular flexibility index (Phi) is 3.37. The van der Waals surface area contributed by atoms with Gasteiger partial charge in [-0.15, -0.1) is 0 Å². The summed E-state index contributed by atoms with van der Waals surface area (Å²) >= 11 is 0. The number of rotatable bonds is 2. The van der Waals surface area contributed by atoms with Crippen molar-refractivity contribution in [2.45, 2.75) is 0 Å². The SMILES string of the molecule is Nc1ccncc1C(=O)Nc1cc(F)cc(F)c1F. The van der Waals surface area contributed by atoms with Crippen LogP contribution in [0.3, 0.4) is 0 Å². The molecule has 0 aliphatic rings. The van der Waals surface area contributed by atoms with E-state index in [9.17, 15) is 18.0 Å². The second kappa shape index (κ2) is 4.97. The highest BCUT2D eigenvalue weighted by molar-refractivity contribution is 6.07. The van der Waals surface area contributed by atoms with Crippen molar-refractivity contribution in [3.05, 3.63) is 53.6 Å². The van der Waals surface area contributed by atoms with Crippen molar-refractivity contribution in [1.29, 1.82) is 0 Å². The summed E-state index contributed by atoms with van der Waals surface area (Å²) in [6.07, 6.45) is 2.53. The summed E-state index contributed by atoms with van der Waals surface area (Å²) in [5.74, 6) is -4.56. The molecule has 0 fully saturated rings. The quantitative estimate of drug-likeness (QED) is 0.820. The van der Waals surface area contributed by atoms with Gasteiger partial charge in [-0.25, -0.2) is 13.2 Å². The minimum Gasteiger partial charge on any atom is -0.398 e. The van der Waals surface area contributed by atoms with Crippen molar-refractivity contribution in [3.8, 4) is 0 Å². The molecular formula is C12H8F3N3O. The molecule has 0 atom stereocenters. The molecule has 0 radical (unpaired) electrons. The largest absolute Gasteiger partial charge is 0.398 e. The fourth-order valence-electron chi connectivity index (χ4n) is 1.43. The van der Waals surface area contributed by atoms with Gasteiger partial charge in [0.2, 0.25) is 0 Å². The Morgan fingerprint density at radius 2 is 2.00 bits per heavy atom. The maximum Gasteiger partial charge on any atom is 0.259 e. The van der Waals surface area contributed by atoms with Gasteiger partial charge in [0.25, 0.3) is 5.91 Å². The molecule has 0 aliphatic carbocycles. The van der Waals surface area contributed by atoms with Crippen LogP contribution in [0.4, 0.5) is 24.5 Å². The third-order valence-electron chi connectivity index (χ3n) is 2.34. The number of halogens is 3. The van der Waals surface area contributed by atoms with Gasteiger partial charge in [0, 0.05) is 30.2 Å². The van der Waals surface area contributed by atoms with E-state index in [1.165, 1.54) is 12.3 Å². The maximum atomic E-state index is 13.4. The Bertz CT molecular complexity index is 646. The first kappa shape index (κ1) is 12.9. The predicted octanol–water partition coefficient (Wildman–Crippen LogP) is 2.33. The molecular weight excluding hydrogens is 259 g/mol. The molecule has 3 N–H and O–H groups in total. The van der Waals surface area contributed by atoms with E-state index < -0.39 is 29.0 Å². The topological polar surface area (TPSA) is 68.0 Å². The van der Waals surface area contributed by atoms with Gasteiger partial charge in [0.15, 0.2) is 11.6 Å². The highest BCUT2D eigenvalue weighted by Crippen LogP contribution is 2.20. The van der Waals surface area contributed by atoms with Crippen LogP contribution in [0.1, 0.15) is 10.4 Å². The molecule has 0 unspecified atom stereocenters. The lowest BCUT2D eigenvalue weighted by Gasteiger charge is -2.08. The first-order valence-corrected chi connectivity index (χ1v) is 5.14. The van der Waals surface area contributed by atoms with E-state index in [1.54, 1.807) is 0 Å². The van der Waals surface area contributed by atoms with Crippen molar-refractivity contribution in [2.75, 3.05) is 11.1 Å². The van der Waals surface area contributed by atoms with Crippen LogP contribution in [0.2, 0.25) is 0 Å². The van der Waals surface area contributed by atoms with Crippen LogP contribution in [-0.4, -0.2) is 10.9 Å². The number of hydrogen-bond donors (Lipinski definition) is 2. The third-order valence-corrected chi connectivity index (χ3v) is 2.34.